The van der Waals surface area contributed by atoms with Crippen molar-refractivity contribution in [1.29, 1.82) is 0 Å². The molecular weight excluding hydrogens is 441 g/mol. The summed E-state index contributed by atoms with van der Waals surface area (Å²) >= 11 is 0. The average Bonchev–Trinajstić information content (AvgIpc) is 3.20. The van der Waals surface area contributed by atoms with Crippen molar-refractivity contribution in [2.45, 2.75) is 13.5 Å². The second-order valence-electron chi connectivity index (χ2n) is 8.78. The van der Waals surface area contributed by atoms with E-state index in [1.165, 1.54) is 17.7 Å². The number of nitrogens with zero attached hydrogens (tertiary/aromatic N) is 4. The first-order chi connectivity index (χ1) is 17.1. The lowest BCUT2D eigenvalue weighted by Crippen LogP contribution is -2.46. The van der Waals surface area contributed by atoms with Gasteiger partial charge in [0.25, 0.3) is 5.91 Å². The van der Waals surface area contributed by atoms with Crippen molar-refractivity contribution in [3.8, 4) is 11.3 Å². The predicted octanol–water partition coefficient (Wildman–Crippen LogP) is 4.70. The number of carbonyl (C=O) groups excluding carboxylic acids is 1. The first-order valence-electron chi connectivity index (χ1n) is 11.8. The number of nitrogens with one attached hydrogen (secondary N) is 1. The largest absolute Gasteiger partial charge is 0.369 e. The number of carbonyl (C=O) groups is 1. The maximum Gasteiger partial charge on any atom is 0.270 e. The molecule has 0 atom stereocenters. The van der Waals surface area contributed by atoms with Gasteiger partial charge >= 0.3 is 0 Å². The van der Waals surface area contributed by atoms with Crippen molar-refractivity contribution in [3.63, 3.8) is 0 Å². The molecule has 4 aromatic rings. The maximum atomic E-state index is 13.3. The smallest absolute Gasteiger partial charge is 0.270 e. The summed E-state index contributed by atoms with van der Waals surface area (Å²) in [7, 11) is 0. The van der Waals surface area contributed by atoms with Crippen LogP contribution in [0.2, 0.25) is 0 Å². The lowest BCUT2D eigenvalue weighted by atomic mass is 10.1. The van der Waals surface area contributed by atoms with Gasteiger partial charge in [0.05, 0.1) is 5.69 Å². The van der Waals surface area contributed by atoms with E-state index >= 15 is 0 Å². The topological polar surface area (TPSA) is 53.4 Å². The number of hydrogen-bond donors (Lipinski definition) is 1. The van der Waals surface area contributed by atoms with Crippen LogP contribution in [0.1, 0.15) is 21.6 Å². The second-order valence-corrected chi connectivity index (χ2v) is 8.78. The number of halogens is 1. The Bertz CT molecular complexity index is 1280. The molecule has 0 saturated carbocycles. The monoisotopic (exact) mass is 469 g/mol. The quantitative estimate of drug-likeness (QED) is 0.445. The minimum absolute atomic E-state index is 0.178. The van der Waals surface area contributed by atoms with Crippen molar-refractivity contribution in [3.05, 3.63) is 108 Å². The molecule has 1 saturated heterocycles. The molecule has 1 aliphatic rings. The SMILES string of the molecule is Cc1cc(CN2CCN(c3ccc(F)cc3)CC2)c(-c2ccccc2)n1NC(=O)c1ccncc1. The molecule has 7 heteroatoms. The lowest BCUT2D eigenvalue weighted by molar-refractivity contribution is 0.101. The number of anilines is 1. The second kappa shape index (κ2) is 10.1. The Morgan fingerprint density at radius 3 is 2.31 bits per heavy atom. The van der Waals surface area contributed by atoms with Gasteiger partial charge < -0.3 is 4.90 Å². The maximum absolute atomic E-state index is 13.3. The summed E-state index contributed by atoms with van der Waals surface area (Å²) in [4.78, 5) is 21.7. The third-order valence-electron chi connectivity index (χ3n) is 6.42. The van der Waals surface area contributed by atoms with Crippen LogP contribution in [0.25, 0.3) is 11.3 Å². The summed E-state index contributed by atoms with van der Waals surface area (Å²) in [6.45, 7) is 6.35. The van der Waals surface area contributed by atoms with Gasteiger partial charge in [-0.05, 0) is 55.0 Å². The highest BCUT2D eigenvalue weighted by molar-refractivity contribution is 6.00. The first-order valence-corrected chi connectivity index (χ1v) is 11.8. The van der Waals surface area contributed by atoms with Gasteiger partial charge in [0.15, 0.2) is 0 Å². The van der Waals surface area contributed by atoms with Gasteiger partial charge in [0.1, 0.15) is 5.82 Å². The van der Waals surface area contributed by atoms with Crippen molar-refractivity contribution in [2.75, 3.05) is 36.5 Å². The molecule has 1 aliphatic heterocycles. The number of rotatable bonds is 6. The third kappa shape index (κ3) is 5.10. The minimum atomic E-state index is -0.211. The molecule has 2 aromatic carbocycles. The van der Waals surface area contributed by atoms with Gasteiger partial charge in [-0.2, -0.15) is 0 Å². The Labute approximate surface area is 204 Å². The summed E-state index contributed by atoms with van der Waals surface area (Å²) in [5, 5.41) is 0. The highest BCUT2D eigenvalue weighted by Crippen LogP contribution is 2.29. The fourth-order valence-corrected chi connectivity index (χ4v) is 4.61. The zero-order chi connectivity index (χ0) is 24.2. The van der Waals surface area contributed by atoms with Gasteiger partial charge in [0.2, 0.25) is 0 Å². The van der Waals surface area contributed by atoms with Crippen LogP contribution in [0.15, 0.2) is 85.2 Å². The molecule has 2 aromatic heterocycles. The van der Waals surface area contributed by atoms with Gasteiger partial charge in [0, 0.05) is 67.6 Å². The van der Waals surface area contributed by atoms with Crippen LogP contribution in [-0.2, 0) is 6.54 Å². The third-order valence-corrected chi connectivity index (χ3v) is 6.42. The highest BCUT2D eigenvalue weighted by Gasteiger charge is 2.22. The van der Waals surface area contributed by atoms with E-state index in [0.29, 0.717) is 5.56 Å². The summed E-state index contributed by atoms with van der Waals surface area (Å²) in [5.41, 5.74) is 8.86. The number of piperazine rings is 1. The zero-order valence-corrected chi connectivity index (χ0v) is 19.7. The van der Waals surface area contributed by atoms with E-state index in [4.69, 9.17) is 0 Å². The van der Waals surface area contributed by atoms with E-state index in [-0.39, 0.29) is 11.7 Å². The zero-order valence-electron chi connectivity index (χ0n) is 19.7. The molecule has 6 nitrogen and oxygen atoms in total. The number of pyridine rings is 1. The number of aryl methyl sites for hydroxylation is 1. The molecule has 0 spiro atoms. The predicted molar refractivity (Wildman–Crippen MR) is 136 cm³/mol. The van der Waals surface area contributed by atoms with Gasteiger partial charge in [-0.25, -0.2) is 4.39 Å². The summed E-state index contributed by atoms with van der Waals surface area (Å²) < 4.78 is 15.2. The standard InChI is InChI=1S/C28H28FN5O/c1-21-19-24(20-32-15-17-33(18-16-32)26-9-7-25(29)8-10-26)27(22-5-3-2-4-6-22)34(21)31-28(35)23-11-13-30-14-12-23/h2-14,19H,15-18,20H2,1H3,(H,31,35). The van der Waals surface area contributed by atoms with Crippen molar-refractivity contribution in [2.24, 2.45) is 0 Å². The van der Waals surface area contributed by atoms with E-state index in [1.54, 1.807) is 24.5 Å². The molecule has 0 aliphatic carbocycles. The van der Waals surface area contributed by atoms with Crippen LogP contribution in [0.4, 0.5) is 10.1 Å². The minimum Gasteiger partial charge on any atom is -0.369 e. The van der Waals surface area contributed by atoms with Crippen LogP contribution in [-0.4, -0.2) is 46.6 Å². The summed E-state index contributed by atoms with van der Waals surface area (Å²) in [6.07, 6.45) is 3.24. The summed E-state index contributed by atoms with van der Waals surface area (Å²) in [5.74, 6) is -0.389. The Hall–Kier alpha value is -3.97. The Morgan fingerprint density at radius 2 is 1.63 bits per heavy atom. The van der Waals surface area contributed by atoms with Crippen molar-refractivity contribution in [1.82, 2.24) is 14.6 Å². The number of aromatic nitrogens is 2. The first kappa shape index (κ1) is 22.8. The number of hydrogen-bond acceptors (Lipinski definition) is 4. The van der Waals surface area contributed by atoms with Crippen LogP contribution < -0.4 is 10.3 Å². The molecule has 5 rings (SSSR count). The van der Waals surface area contributed by atoms with Crippen molar-refractivity contribution >= 4 is 11.6 Å². The Kier molecular flexibility index (Phi) is 6.59. The van der Waals surface area contributed by atoms with E-state index < -0.39 is 0 Å². The molecule has 0 unspecified atom stereocenters. The molecule has 1 amide bonds. The normalized spacial score (nSPS) is 14.2. The molecule has 35 heavy (non-hydrogen) atoms. The molecule has 1 fully saturated rings. The Balaban J connectivity index is 1.37. The van der Waals surface area contributed by atoms with Gasteiger partial charge in [-0.15, -0.1) is 0 Å². The van der Waals surface area contributed by atoms with E-state index in [1.807, 2.05) is 41.9 Å². The van der Waals surface area contributed by atoms with Crippen molar-refractivity contribution < 1.29 is 9.18 Å². The molecule has 1 N–H and O–H groups in total. The van der Waals surface area contributed by atoms with Gasteiger partial charge in [-0.1, -0.05) is 30.3 Å². The van der Waals surface area contributed by atoms with Crippen LogP contribution in [0, 0.1) is 12.7 Å². The molecule has 3 heterocycles. The average molecular weight is 470 g/mol. The van der Waals surface area contributed by atoms with Crippen LogP contribution in [0.3, 0.4) is 0 Å². The molecule has 0 radical (unpaired) electrons. The number of amides is 1. The van der Waals surface area contributed by atoms with E-state index in [9.17, 15) is 9.18 Å². The van der Waals surface area contributed by atoms with E-state index in [0.717, 1.165) is 55.4 Å². The fourth-order valence-electron chi connectivity index (χ4n) is 4.61. The van der Waals surface area contributed by atoms with E-state index in [2.05, 4.69) is 38.4 Å². The molecule has 0 bridgehead atoms. The molecule has 178 valence electrons. The fraction of sp³-hybridized carbons (Fsp3) is 0.214. The van der Waals surface area contributed by atoms with Crippen LogP contribution in [0.5, 0.6) is 0 Å². The van der Waals surface area contributed by atoms with Crippen LogP contribution >= 0.6 is 0 Å². The van der Waals surface area contributed by atoms with Gasteiger partial charge in [-0.3, -0.25) is 24.8 Å². The number of benzene rings is 2. The highest BCUT2D eigenvalue weighted by atomic mass is 19.1. The lowest BCUT2D eigenvalue weighted by Gasteiger charge is -2.36. The Morgan fingerprint density at radius 1 is 0.943 bits per heavy atom. The molecular formula is C28H28FN5O. The summed E-state index contributed by atoms with van der Waals surface area (Å²) in [6, 6.07) is 22.4.